The standard InChI is InChI=1S/C10H11N3O5/c11-10(15)12-5-6-18-9(14)7-1-3-8(4-2-7)13(16)17/h1-4H,5-6H2,(H3,11,12,15). The number of nitrogens with two attached hydrogens (primary N) is 1. The number of esters is 1. The fourth-order valence-corrected chi connectivity index (χ4v) is 1.12. The Morgan fingerprint density at radius 2 is 1.94 bits per heavy atom. The number of amides is 2. The maximum Gasteiger partial charge on any atom is 0.338 e. The summed E-state index contributed by atoms with van der Waals surface area (Å²) < 4.78 is 4.80. The second-order valence-corrected chi connectivity index (χ2v) is 3.23. The molecule has 0 aliphatic heterocycles. The van der Waals surface area contributed by atoms with Gasteiger partial charge in [-0.15, -0.1) is 0 Å². The average Bonchev–Trinajstić information content (AvgIpc) is 2.34. The van der Waals surface area contributed by atoms with Crippen molar-refractivity contribution in [2.45, 2.75) is 0 Å². The molecule has 1 aromatic rings. The molecule has 0 radical (unpaired) electrons. The van der Waals surface area contributed by atoms with Crippen LogP contribution in [0.4, 0.5) is 10.5 Å². The molecule has 0 aromatic heterocycles. The van der Waals surface area contributed by atoms with Crippen LogP contribution in [0.2, 0.25) is 0 Å². The van der Waals surface area contributed by atoms with Gasteiger partial charge in [-0.3, -0.25) is 10.1 Å². The summed E-state index contributed by atoms with van der Waals surface area (Å²) in [5.41, 5.74) is 4.90. The Bertz CT molecular complexity index is 457. The molecular weight excluding hydrogens is 242 g/mol. The van der Waals surface area contributed by atoms with Gasteiger partial charge < -0.3 is 15.8 Å². The van der Waals surface area contributed by atoms with Crippen LogP contribution in [0, 0.1) is 10.1 Å². The summed E-state index contributed by atoms with van der Waals surface area (Å²) in [7, 11) is 0. The number of nitrogens with one attached hydrogen (secondary N) is 1. The molecule has 0 fully saturated rings. The molecule has 3 N–H and O–H groups in total. The van der Waals surface area contributed by atoms with Gasteiger partial charge in [-0.25, -0.2) is 9.59 Å². The SMILES string of the molecule is NC(=O)NCCOC(=O)c1ccc([N+](=O)[O-])cc1. The van der Waals surface area contributed by atoms with E-state index in [4.69, 9.17) is 10.5 Å². The molecule has 0 saturated heterocycles. The van der Waals surface area contributed by atoms with Gasteiger partial charge in [0, 0.05) is 12.1 Å². The third-order valence-electron chi connectivity index (χ3n) is 1.95. The molecule has 0 aliphatic rings. The molecule has 18 heavy (non-hydrogen) atoms. The Hall–Kier alpha value is -2.64. The van der Waals surface area contributed by atoms with Crippen molar-refractivity contribution in [3.63, 3.8) is 0 Å². The largest absolute Gasteiger partial charge is 0.460 e. The number of nitro groups is 1. The Morgan fingerprint density at radius 1 is 1.33 bits per heavy atom. The average molecular weight is 253 g/mol. The number of ether oxygens (including phenoxy) is 1. The molecule has 8 heteroatoms. The van der Waals surface area contributed by atoms with Gasteiger partial charge in [-0.1, -0.05) is 0 Å². The highest BCUT2D eigenvalue weighted by Crippen LogP contribution is 2.12. The number of non-ortho nitro benzene ring substituents is 1. The number of nitro benzene ring substituents is 1. The van der Waals surface area contributed by atoms with E-state index in [0.717, 1.165) is 0 Å². The van der Waals surface area contributed by atoms with Crippen LogP contribution < -0.4 is 11.1 Å². The van der Waals surface area contributed by atoms with E-state index in [-0.39, 0.29) is 24.4 Å². The molecule has 0 spiro atoms. The summed E-state index contributed by atoms with van der Waals surface area (Å²) in [5.74, 6) is -0.629. The number of nitrogens with zero attached hydrogens (tertiary/aromatic N) is 1. The Labute approximate surface area is 102 Å². The third kappa shape index (κ3) is 4.08. The molecule has 0 atom stereocenters. The van der Waals surface area contributed by atoms with Crippen molar-refractivity contribution in [1.29, 1.82) is 0 Å². The predicted octanol–water partition coefficient (Wildman–Crippen LogP) is 0.420. The molecule has 8 nitrogen and oxygen atoms in total. The molecule has 0 unspecified atom stereocenters. The van der Waals surface area contributed by atoms with Crippen LogP contribution in [0.1, 0.15) is 10.4 Å². The third-order valence-corrected chi connectivity index (χ3v) is 1.95. The highest BCUT2D eigenvalue weighted by atomic mass is 16.6. The van der Waals surface area contributed by atoms with E-state index >= 15 is 0 Å². The second kappa shape index (κ2) is 6.18. The first kappa shape index (κ1) is 13.4. The topological polar surface area (TPSA) is 125 Å². The van der Waals surface area contributed by atoms with Crippen LogP contribution in [0.25, 0.3) is 0 Å². The van der Waals surface area contributed by atoms with Crippen LogP contribution in [-0.4, -0.2) is 30.1 Å². The first-order chi connectivity index (χ1) is 8.50. The van der Waals surface area contributed by atoms with E-state index in [9.17, 15) is 19.7 Å². The summed E-state index contributed by atoms with van der Waals surface area (Å²) in [6, 6.07) is 4.29. The summed E-state index contributed by atoms with van der Waals surface area (Å²) in [5, 5.41) is 12.6. The van der Waals surface area contributed by atoms with Gasteiger partial charge in [-0.2, -0.15) is 0 Å². The van der Waals surface area contributed by atoms with E-state index in [2.05, 4.69) is 5.32 Å². The van der Waals surface area contributed by atoms with Gasteiger partial charge in [0.25, 0.3) is 5.69 Å². The monoisotopic (exact) mass is 253 g/mol. The lowest BCUT2D eigenvalue weighted by molar-refractivity contribution is -0.384. The summed E-state index contributed by atoms with van der Waals surface area (Å²) in [6.45, 7) is 0.0762. The van der Waals surface area contributed by atoms with Gasteiger partial charge in [0.05, 0.1) is 17.0 Å². The molecule has 0 saturated carbocycles. The predicted molar refractivity (Wildman–Crippen MR) is 61.0 cm³/mol. The number of primary amides is 1. The van der Waals surface area contributed by atoms with Crippen molar-refractivity contribution < 1.29 is 19.2 Å². The minimum atomic E-state index is -0.707. The van der Waals surface area contributed by atoms with Gasteiger partial charge in [0.15, 0.2) is 0 Å². The number of carbonyl (C=O) groups excluding carboxylic acids is 2. The lowest BCUT2D eigenvalue weighted by atomic mass is 10.2. The van der Waals surface area contributed by atoms with Crippen molar-refractivity contribution in [3.8, 4) is 0 Å². The van der Waals surface area contributed by atoms with Crippen molar-refractivity contribution in [3.05, 3.63) is 39.9 Å². The molecule has 0 aliphatic carbocycles. The van der Waals surface area contributed by atoms with Gasteiger partial charge >= 0.3 is 12.0 Å². The quantitative estimate of drug-likeness (QED) is 0.340. The lowest BCUT2D eigenvalue weighted by Crippen LogP contribution is -2.32. The Balaban J connectivity index is 2.46. The minimum absolute atomic E-state index is 0.0290. The molecule has 1 aromatic carbocycles. The zero-order valence-electron chi connectivity index (χ0n) is 9.29. The number of carbonyl (C=O) groups is 2. The van der Waals surface area contributed by atoms with Crippen molar-refractivity contribution in [2.75, 3.05) is 13.2 Å². The second-order valence-electron chi connectivity index (χ2n) is 3.23. The Kier molecular flexibility index (Phi) is 4.61. The van der Waals surface area contributed by atoms with Crippen LogP contribution in [0.5, 0.6) is 0 Å². The molecule has 96 valence electrons. The van der Waals surface area contributed by atoms with Gasteiger partial charge in [0.2, 0.25) is 0 Å². The number of benzene rings is 1. The maximum absolute atomic E-state index is 11.4. The molecule has 2 amide bonds. The molecular formula is C10H11N3O5. The fourth-order valence-electron chi connectivity index (χ4n) is 1.12. The van der Waals surface area contributed by atoms with Crippen LogP contribution >= 0.6 is 0 Å². The van der Waals surface area contributed by atoms with Crippen molar-refractivity contribution in [1.82, 2.24) is 5.32 Å². The maximum atomic E-state index is 11.4. The summed E-state index contributed by atoms with van der Waals surface area (Å²) >= 11 is 0. The smallest absolute Gasteiger partial charge is 0.338 e. The summed E-state index contributed by atoms with van der Waals surface area (Å²) in [4.78, 5) is 31.6. The summed E-state index contributed by atoms with van der Waals surface area (Å²) in [6.07, 6.45) is 0. The molecule has 0 heterocycles. The Morgan fingerprint density at radius 3 is 2.44 bits per heavy atom. The van der Waals surface area contributed by atoms with Crippen molar-refractivity contribution >= 4 is 17.7 Å². The van der Waals surface area contributed by atoms with E-state index in [0.29, 0.717) is 0 Å². The van der Waals surface area contributed by atoms with E-state index in [1.54, 1.807) is 0 Å². The van der Waals surface area contributed by atoms with Crippen molar-refractivity contribution in [2.24, 2.45) is 5.73 Å². The molecule has 1 rings (SSSR count). The van der Waals surface area contributed by atoms with Crippen LogP contribution in [-0.2, 0) is 4.74 Å². The molecule has 0 bridgehead atoms. The van der Waals surface area contributed by atoms with Crippen LogP contribution in [0.3, 0.4) is 0 Å². The van der Waals surface area contributed by atoms with E-state index in [1.165, 1.54) is 24.3 Å². The van der Waals surface area contributed by atoms with Gasteiger partial charge in [0.1, 0.15) is 6.61 Å². The number of hydrogen-bond acceptors (Lipinski definition) is 5. The fraction of sp³-hybridized carbons (Fsp3) is 0.200. The van der Waals surface area contributed by atoms with Gasteiger partial charge in [-0.05, 0) is 12.1 Å². The first-order valence-corrected chi connectivity index (χ1v) is 4.95. The number of urea groups is 1. The number of rotatable bonds is 5. The van der Waals surface area contributed by atoms with Crippen LogP contribution in [0.15, 0.2) is 24.3 Å². The normalized spacial score (nSPS) is 9.56. The highest BCUT2D eigenvalue weighted by Gasteiger charge is 2.10. The minimum Gasteiger partial charge on any atom is -0.460 e. The zero-order chi connectivity index (χ0) is 13.5. The van der Waals surface area contributed by atoms with E-state index in [1.807, 2.05) is 0 Å². The number of hydrogen-bond donors (Lipinski definition) is 2. The highest BCUT2D eigenvalue weighted by molar-refractivity contribution is 5.89. The zero-order valence-corrected chi connectivity index (χ0v) is 9.29. The first-order valence-electron chi connectivity index (χ1n) is 4.95. The lowest BCUT2D eigenvalue weighted by Gasteiger charge is -2.04. The van der Waals surface area contributed by atoms with E-state index < -0.39 is 16.9 Å².